The number of rotatable bonds is 4. The zero-order valence-corrected chi connectivity index (χ0v) is 15.1. The number of amides is 1. The van der Waals surface area contributed by atoms with Crippen molar-refractivity contribution in [3.63, 3.8) is 0 Å². The van der Waals surface area contributed by atoms with Gasteiger partial charge in [-0.3, -0.25) is 14.9 Å². The first-order valence-corrected chi connectivity index (χ1v) is 8.29. The first kappa shape index (κ1) is 18.5. The maximum Gasteiger partial charge on any atom is 0.282 e. The molecule has 3 rings (SSSR count). The molecule has 1 aliphatic rings. The van der Waals surface area contributed by atoms with E-state index >= 15 is 0 Å². The normalized spacial score (nSPS) is 16.6. The number of hydrogen-bond donors (Lipinski definition) is 1. The second-order valence-corrected chi connectivity index (χ2v) is 6.17. The number of hydrazone groups is 1. The molecule has 0 bridgehead atoms. The van der Waals surface area contributed by atoms with Gasteiger partial charge in [0, 0.05) is 17.7 Å². The van der Waals surface area contributed by atoms with Gasteiger partial charge in [-0.15, -0.1) is 0 Å². The van der Waals surface area contributed by atoms with Gasteiger partial charge >= 0.3 is 0 Å². The second kappa shape index (κ2) is 7.56. The first-order chi connectivity index (χ1) is 12.9. The molecule has 0 aromatic heterocycles. The molecule has 1 atom stereocenters. The van der Waals surface area contributed by atoms with Crippen LogP contribution in [0.15, 0.2) is 63.9 Å². The Balaban J connectivity index is 1.98. The van der Waals surface area contributed by atoms with Gasteiger partial charge in [0.25, 0.3) is 11.6 Å². The number of halogens is 1. The summed E-state index contributed by atoms with van der Waals surface area (Å²) in [5, 5.41) is 24.0. The van der Waals surface area contributed by atoms with Gasteiger partial charge in [-0.25, -0.2) is 0 Å². The van der Waals surface area contributed by atoms with Crippen molar-refractivity contribution in [2.45, 2.75) is 6.04 Å². The number of nitrogens with two attached hydrogens (primary N) is 1. The fourth-order valence-electron chi connectivity index (χ4n) is 2.33. The summed E-state index contributed by atoms with van der Waals surface area (Å²) in [6.07, 6.45) is 0. The van der Waals surface area contributed by atoms with E-state index in [0.717, 1.165) is 5.01 Å². The third-order valence-corrected chi connectivity index (χ3v) is 4.12. The highest BCUT2D eigenvalue weighted by Crippen LogP contribution is 2.26. The van der Waals surface area contributed by atoms with E-state index in [1.165, 1.54) is 24.3 Å². The van der Waals surface area contributed by atoms with Gasteiger partial charge in [0.05, 0.1) is 9.95 Å². The maximum absolute atomic E-state index is 12.6. The van der Waals surface area contributed by atoms with Crippen LogP contribution in [-0.4, -0.2) is 32.7 Å². The topological polar surface area (TPSA) is 127 Å². The summed E-state index contributed by atoms with van der Waals surface area (Å²) < 4.78 is 0. The second-order valence-electron chi connectivity index (χ2n) is 5.35. The summed E-state index contributed by atoms with van der Waals surface area (Å²) in [4.78, 5) is 22.9. The van der Waals surface area contributed by atoms with Crippen LogP contribution in [0.5, 0.6) is 0 Å². The number of nitrogens with zero attached hydrogens (tertiary/aromatic N) is 5. The molecule has 0 saturated heterocycles. The van der Waals surface area contributed by atoms with Crippen LogP contribution in [0.1, 0.15) is 5.56 Å². The minimum atomic E-state index is -1.11. The van der Waals surface area contributed by atoms with E-state index in [2.05, 4.69) is 15.3 Å². The lowest BCUT2D eigenvalue weighted by molar-refractivity contribution is -0.384. The maximum atomic E-state index is 12.6. The quantitative estimate of drug-likeness (QED) is 0.363. The molecular weight excluding hydrogens is 392 g/mol. The van der Waals surface area contributed by atoms with Crippen LogP contribution in [-0.2, 0) is 4.79 Å². The van der Waals surface area contributed by atoms with Gasteiger partial charge in [-0.05, 0) is 36.5 Å². The van der Waals surface area contributed by atoms with Crippen LogP contribution >= 0.6 is 23.8 Å². The van der Waals surface area contributed by atoms with Crippen molar-refractivity contribution >= 4 is 51.9 Å². The molecule has 0 spiro atoms. The molecule has 0 saturated carbocycles. The highest BCUT2D eigenvalue weighted by Gasteiger charge is 2.38. The summed E-state index contributed by atoms with van der Waals surface area (Å²) in [5.74, 6) is -0.577. The monoisotopic (exact) mass is 402 g/mol. The van der Waals surface area contributed by atoms with E-state index < -0.39 is 16.9 Å². The molecular formula is C16H11ClN6O3S. The highest BCUT2D eigenvalue weighted by molar-refractivity contribution is 7.80. The molecule has 0 radical (unpaired) electrons. The van der Waals surface area contributed by atoms with Crippen molar-refractivity contribution in [1.29, 1.82) is 0 Å². The Morgan fingerprint density at radius 1 is 1.26 bits per heavy atom. The number of carbonyl (C=O) groups excluding carboxylic acids is 1. The van der Waals surface area contributed by atoms with Crippen molar-refractivity contribution < 1.29 is 9.72 Å². The number of nitro groups is 1. The third kappa shape index (κ3) is 3.81. The van der Waals surface area contributed by atoms with Gasteiger partial charge in [0.1, 0.15) is 11.4 Å². The SMILES string of the molecule is NC(=S)N1N=C(c2ccc([N+](=O)[O-])cc2)C(N=Nc2ccccc2Cl)C1=O. The largest absolute Gasteiger partial charge is 0.374 e. The van der Waals surface area contributed by atoms with E-state index in [1.54, 1.807) is 24.3 Å². The summed E-state index contributed by atoms with van der Waals surface area (Å²) in [6, 6.07) is 11.2. The lowest BCUT2D eigenvalue weighted by Gasteiger charge is -2.08. The molecule has 0 aliphatic carbocycles. The predicted molar refractivity (Wildman–Crippen MR) is 103 cm³/mol. The lowest BCUT2D eigenvalue weighted by atomic mass is 10.0. The molecule has 1 amide bonds. The van der Waals surface area contributed by atoms with E-state index in [9.17, 15) is 14.9 Å². The highest BCUT2D eigenvalue weighted by atomic mass is 35.5. The Labute approximate surface area is 163 Å². The average Bonchev–Trinajstić information content (AvgIpc) is 2.98. The Morgan fingerprint density at radius 2 is 1.93 bits per heavy atom. The van der Waals surface area contributed by atoms with Gasteiger partial charge < -0.3 is 5.73 Å². The zero-order chi connectivity index (χ0) is 19.6. The third-order valence-electron chi connectivity index (χ3n) is 3.63. The summed E-state index contributed by atoms with van der Waals surface area (Å²) in [6.45, 7) is 0. The van der Waals surface area contributed by atoms with Gasteiger partial charge in [0.15, 0.2) is 11.2 Å². The Bertz CT molecular complexity index is 992. The Kier molecular flexibility index (Phi) is 5.19. The molecule has 27 heavy (non-hydrogen) atoms. The molecule has 1 heterocycles. The van der Waals surface area contributed by atoms with Crippen molar-refractivity contribution in [2.24, 2.45) is 21.1 Å². The predicted octanol–water partition coefficient (Wildman–Crippen LogP) is 3.19. The van der Waals surface area contributed by atoms with Crippen LogP contribution in [0, 0.1) is 10.1 Å². The molecule has 11 heteroatoms. The van der Waals surface area contributed by atoms with Crippen LogP contribution in [0.4, 0.5) is 11.4 Å². The molecule has 1 unspecified atom stereocenters. The minimum absolute atomic E-state index is 0.0934. The smallest absolute Gasteiger partial charge is 0.282 e. The van der Waals surface area contributed by atoms with Crippen LogP contribution in [0.25, 0.3) is 0 Å². The van der Waals surface area contributed by atoms with Gasteiger partial charge in [-0.1, -0.05) is 23.7 Å². The number of thiocarbonyl (C=S) groups is 1. The number of hydrogen-bond acceptors (Lipinski definition) is 7. The molecule has 2 aromatic carbocycles. The summed E-state index contributed by atoms with van der Waals surface area (Å²) in [7, 11) is 0. The summed E-state index contributed by atoms with van der Waals surface area (Å²) in [5.41, 5.74) is 6.49. The molecule has 2 aromatic rings. The van der Waals surface area contributed by atoms with Gasteiger partial charge in [0.2, 0.25) is 0 Å². The van der Waals surface area contributed by atoms with Crippen molar-refractivity contribution in [3.8, 4) is 0 Å². The Morgan fingerprint density at radius 3 is 2.52 bits per heavy atom. The van der Waals surface area contributed by atoms with E-state index in [4.69, 9.17) is 29.6 Å². The molecule has 9 nitrogen and oxygen atoms in total. The Hall–Kier alpha value is -3.24. The number of carbonyl (C=O) groups is 1. The molecule has 1 aliphatic heterocycles. The number of nitro benzene ring substituents is 1. The fourth-order valence-corrected chi connectivity index (χ4v) is 2.63. The van der Waals surface area contributed by atoms with Crippen molar-refractivity contribution in [3.05, 3.63) is 69.2 Å². The van der Waals surface area contributed by atoms with Crippen molar-refractivity contribution in [2.75, 3.05) is 0 Å². The van der Waals surface area contributed by atoms with E-state index in [1.807, 2.05) is 0 Å². The first-order valence-electron chi connectivity index (χ1n) is 7.50. The molecule has 0 fully saturated rings. The minimum Gasteiger partial charge on any atom is -0.374 e. The zero-order valence-electron chi connectivity index (χ0n) is 13.5. The lowest BCUT2D eigenvalue weighted by Crippen LogP contribution is -2.37. The number of azo groups is 1. The molecule has 136 valence electrons. The van der Waals surface area contributed by atoms with Crippen LogP contribution < -0.4 is 5.73 Å². The average molecular weight is 403 g/mol. The van der Waals surface area contributed by atoms with Crippen LogP contribution in [0.2, 0.25) is 5.02 Å². The van der Waals surface area contributed by atoms with Crippen LogP contribution in [0.3, 0.4) is 0 Å². The van der Waals surface area contributed by atoms with E-state index in [0.29, 0.717) is 16.3 Å². The summed E-state index contributed by atoms with van der Waals surface area (Å²) >= 11 is 10.9. The number of benzene rings is 2. The standard InChI is InChI=1S/C16H11ClN6O3S/c17-11-3-1-2-4-12(11)19-20-14-13(21-22(15(14)24)16(18)27)9-5-7-10(8-6-9)23(25)26/h1-8,14H,(H2,18,27). The van der Waals surface area contributed by atoms with E-state index in [-0.39, 0.29) is 16.5 Å². The van der Waals surface area contributed by atoms with Crippen molar-refractivity contribution in [1.82, 2.24) is 5.01 Å². The molecule has 2 N–H and O–H groups in total. The fraction of sp³-hybridized carbons (Fsp3) is 0.0625. The van der Waals surface area contributed by atoms with Gasteiger partial charge in [-0.2, -0.15) is 20.3 Å². The number of non-ortho nitro benzene ring substituents is 1.